The molecule has 0 aliphatic carbocycles. The predicted octanol–water partition coefficient (Wildman–Crippen LogP) is 0.809. The summed E-state index contributed by atoms with van der Waals surface area (Å²) in [5.74, 6) is -2.30. The second kappa shape index (κ2) is 5.19. The Hall–Kier alpha value is -0.610. The SMILES string of the molecule is CCCCC(O)(OC(C)=O)C(C)O. The van der Waals surface area contributed by atoms with Crippen LogP contribution in [-0.4, -0.2) is 28.1 Å². The summed E-state index contributed by atoms with van der Waals surface area (Å²) in [6, 6.07) is 0. The van der Waals surface area contributed by atoms with E-state index in [0.29, 0.717) is 6.42 Å². The molecule has 0 bridgehead atoms. The summed E-state index contributed by atoms with van der Waals surface area (Å²) in [6.07, 6.45) is 0.772. The first kappa shape index (κ1) is 12.4. The Labute approximate surface area is 78.5 Å². The zero-order valence-electron chi connectivity index (χ0n) is 8.41. The smallest absolute Gasteiger partial charge is 0.305 e. The molecule has 0 amide bonds. The highest BCUT2D eigenvalue weighted by molar-refractivity contribution is 5.66. The lowest BCUT2D eigenvalue weighted by atomic mass is 10.0. The van der Waals surface area contributed by atoms with Gasteiger partial charge in [0, 0.05) is 13.3 Å². The molecular formula is C9H18O4. The maximum Gasteiger partial charge on any atom is 0.305 e. The number of hydrogen-bond donors (Lipinski definition) is 2. The summed E-state index contributed by atoms with van der Waals surface area (Å²) in [5, 5.41) is 18.9. The van der Waals surface area contributed by atoms with Crippen LogP contribution in [0.5, 0.6) is 0 Å². The number of esters is 1. The highest BCUT2D eigenvalue weighted by Crippen LogP contribution is 2.20. The normalized spacial score (nSPS) is 17.6. The molecule has 13 heavy (non-hydrogen) atoms. The molecule has 0 radical (unpaired) electrons. The highest BCUT2D eigenvalue weighted by Gasteiger charge is 2.35. The maximum atomic E-state index is 10.6. The predicted molar refractivity (Wildman–Crippen MR) is 47.9 cm³/mol. The fourth-order valence-corrected chi connectivity index (χ4v) is 1.02. The van der Waals surface area contributed by atoms with Crippen LogP contribution in [-0.2, 0) is 9.53 Å². The topological polar surface area (TPSA) is 66.8 Å². The van der Waals surface area contributed by atoms with Gasteiger partial charge < -0.3 is 14.9 Å². The molecule has 0 aromatic heterocycles. The third-order valence-electron chi connectivity index (χ3n) is 1.86. The first-order valence-electron chi connectivity index (χ1n) is 4.52. The molecule has 0 aromatic carbocycles. The molecule has 0 fully saturated rings. The second-order valence-corrected chi connectivity index (χ2v) is 3.22. The van der Waals surface area contributed by atoms with Crippen molar-refractivity contribution >= 4 is 5.97 Å². The number of carbonyl (C=O) groups excluding carboxylic acids is 1. The molecule has 4 nitrogen and oxygen atoms in total. The minimum absolute atomic E-state index is 0.265. The van der Waals surface area contributed by atoms with E-state index < -0.39 is 17.9 Å². The van der Waals surface area contributed by atoms with Gasteiger partial charge in [-0.05, 0) is 13.3 Å². The first-order chi connectivity index (χ1) is 5.92. The van der Waals surface area contributed by atoms with E-state index in [9.17, 15) is 15.0 Å². The Bertz CT molecular complexity index is 167. The fraction of sp³-hybridized carbons (Fsp3) is 0.889. The van der Waals surface area contributed by atoms with Crippen LogP contribution in [0.2, 0.25) is 0 Å². The van der Waals surface area contributed by atoms with Gasteiger partial charge in [0.05, 0.1) is 0 Å². The molecule has 0 heterocycles. The number of aliphatic hydroxyl groups is 2. The van der Waals surface area contributed by atoms with E-state index >= 15 is 0 Å². The third-order valence-corrected chi connectivity index (χ3v) is 1.86. The number of hydrogen-bond acceptors (Lipinski definition) is 4. The quantitative estimate of drug-likeness (QED) is 0.497. The molecule has 0 aliphatic rings. The van der Waals surface area contributed by atoms with Gasteiger partial charge in [-0.15, -0.1) is 0 Å². The lowest BCUT2D eigenvalue weighted by molar-refractivity contribution is -0.245. The third kappa shape index (κ3) is 4.24. The van der Waals surface area contributed by atoms with Gasteiger partial charge >= 0.3 is 5.97 Å². The van der Waals surface area contributed by atoms with Crippen LogP contribution in [0.4, 0.5) is 0 Å². The molecule has 78 valence electrons. The van der Waals surface area contributed by atoms with E-state index in [1.165, 1.54) is 13.8 Å². The Morgan fingerprint density at radius 1 is 1.62 bits per heavy atom. The summed E-state index contributed by atoms with van der Waals surface area (Å²) in [4.78, 5) is 10.6. The number of ether oxygens (including phenoxy) is 1. The molecule has 2 N–H and O–H groups in total. The molecule has 0 rings (SSSR count). The fourth-order valence-electron chi connectivity index (χ4n) is 1.02. The highest BCUT2D eigenvalue weighted by atomic mass is 16.7. The monoisotopic (exact) mass is 190 g/mol. The number of aliphatic hydroxyl groups excluding tert-OH is 1. The lowest BCUT2D eigenvalue weighted by Crippen LogP contribution is -2.44. The van der Waals surface area contributed by atoms with Gasteiger partial charge in [0.15, 0.2) is 0 Å². The largest absolute Gasteiger partial charge is 0.431 e. The van der Waals surface area contributed by atoms with Crippen molar-refractivity contribution in [1.29, 1.82) is 0 Å². The standard InChI is InChI=1S/C9H18O4/c1-4-5-6-9(12,7(2)10)13-8(3)11/h7,10,12H,4-6H2,1-3H3. The van der Waals surface area contributed by atoms with Crippen molar-refractivity contribution in [3.05, 3.63) is 0 Å². The number of unbranched alkanes of at least 4 members (excludes halogenated alkanes) is 1. The average Bonchev–Trinajstić information content (AvgIpc) is 1.99. The molecular weight excluding hydrogens is 172 g/mol. The van der Waals surface area contributed by atoms with E-state index in [-0.39, 0.29) is 6.42 Å². The Balaban J connectivity index is 4.24. The van der Waals surface area contributed by atoms with Gasteiger partial charge in [-0.2, -0.15) is 0 Å². The van der Waals surface area contributed by atoms with Gasteiger partial charge in [-0.3, -0.25) is 4.79 Å². The Kier molecular flexibility index (Phi) is 4.95. The van der Waals surface area contributed by atoms with Crippen LogP contribution in [0, 0.1) is 0 Å². The Morgan fingerprint density at radius 2 is 2.15 bits per heavy atom. The average molecular weight is 190 g/mol. The Morgan fingerprint density at radius 3 is 2.46 bits per heavy atom. The van der Waals surface area contributed by atoms with Crippen LogP contribution < -0.4 is 0 Å². The van der Waals surface area contributed by atoms with Crippen molar-refractivity contribution in [3.8, 4) is 0 Å². The molecule has 0 saturated heterocycles. The van der Waals surface area contributed by atoms with Gasteiger partial charge in [0.1, 0.15) is 6.10 Å². The molecule has 2 atom stereocenters. The van der Waals surface area contributed by atoms with Gasteiger partial charge in [-0.1, -0.05) is 13.3 Å². The first-order valence-corrected chi connectivity index (χ1v) is 4.52. The summed E-state index contributed by atoms with van der Waals surface area (Å²) in [5.41, 5.74) is 0. The van der Waals surface area contributed by atoms with E-state index in [1.807, 2.05) is 6.92 Å². The molecule has 0 aliphatic heterocycles. The van der Waals surface area contributed by atoms with Gasteiger partial charge in [0.2, 0.25) is 5.79 Å². The summed E-state index contributed by atoms with van der Waals surface area (Å²) < 4.78 is 4.67. The van der Waals surface area contributed by atoms with Crippen molar-refractivity contribution in [2.24, 2.45) is 0 Å². The number of rotatable bonds is 5. The van der Waals surface area contributed by atoms with Crippen LogP contribution in [0.15, 0.2) is 0 Å². The molecule has 0 spiro atoms. The van der Waals surface area contributed by atoms with Crippen LogP contribution in [0.25, 0.3) is 0 Å². The number of carbonyl (C=O) groups is 1. The van der Waals surface area contributed by atoms with Crippen LogP contribution in [0.1, 0.15) is 40.0 Å². The molecule has 4 heteroatoms. The maximum absolute atomic E-state index is 10.6. The molecule has 0 saturated carbocycles. The van der Waals surface area contributed by atoms with Crippen LogP contribution >= 0.6 is 0 Å². The minimum atomic E-state index is -1.72. The lowest BCUT2D eigenvalue weighted by Gasteiger charge is -2.29. The van der Waals surface area contributed by atoms with Gasteiger partial charge in [-0.25, -0.2) is 0 Å². The van der Waals surface area contributed by atoms with Crippen molar-refractivity contribution < 1.29 is 19.7 Å². The molecule has 2 unspecified atom stereocenters. The van der Waals surface area contributed by atoms with Crippen molar-refractivity contribution in [2.45, 2.75) is 51.9 Å². The zero-order chi connectivity index (χ0) is 10.5. The summed E-state index contributed by atoms with van der Waals surface area (Å²) in [6.45, 7) is 4.56. The van der Waals surface area contributed by atoms with E-state index in [4.69, 9.17) is 0 Å². The van der Waals surface area contributed by atoms with Gasteiger partial charge in [0.25, 0.3) is 0 Å². The van der Waals surface area contributed by atoms with Crippen molar-refractivity contribution in [1.82, 2.24) is 0 Å². The summed E-state index contributed by atoms with van der Waals surface area (Å²) >= 11 is 0. The van der Waals surface area contributed by atoms with Crippen molar-refractivity contribution in [2.75, 3.05) is 0 Å². The van der Waals surface area contributed by atoms with Crippen molar-refractivity contribution in [3.63, 3.8) is 0 Å². The second-order valence-electron chi connectivity index (χ2n) is 3.22. The molecule has 0 aromatic rings. The van der Waals surface area contributed by atoms with Crippen LogP contribution in [0.3, 0.4) is 0 Å². The van der Waals surface area contributed by atoms with E-state index in [1.54, 1.807) is 0 Å². The summed E-state index contributed by atoms with van der Waals surface area (Å²) in [7, 11) is 0. The van der Waals surface area contributed by atoms with E-state index in [2.05, 4.69) is 4.74 Å². The minimum Gasteiger partial charge on any atom is -0.431 e. The zero-order valence-corrected chi connectivity index (χ0v) is 8.41. The van der Waals surface area contributed by atoms with E-state index in [0.717, 1.165) is 6.42 Å².